The highest BCUT2D eigenvalue weighted by Gasteiger charge is 2.05. The highest BCUT2D eigenvalue weighted by Crippen LogP contribution is 2.25. The van der Waals surface area contributed by atoms with Crippen LogP contribution in [0.25, 0.3) is 10.9 Å². The minimum atomic E-state index is 0.687. The first kappa shape index (κ1) is 9.97. The molecule has 15 heavy (non-hydrogen) atoms. The third-order valence-corrected chi connectivity index (χ3v) is 2.64. The van der Waals surface area contributed by atoms with Gasteiger partial charge in [0, 0.05) is 11.5 Å². The van der Waals surface area contributed by atoms with Gasteiger partial charge in [-0.05, 0) is 38.0 Å². The number of aromatic nitrogens is 1. The van der Waals surface area contributed by atoms with Crippen molar-refractivity contribution in [3.05, 3.63) is 34.9 Å². The van der Waals surface area contributed by atoms with E-state index in [-0.39, 0.29) is 0 Å². The molecule has 0 aliphatic rings. The van der Waals surface area contributed by atoms with Crippen LogP contribution in [-0.2, 0) is 0 Å². The van der Waals surface area contributed by atoms with E-state index in [9.17, 15) is 0 Å². The molecule has 0 spiro atoms. The van der Waals surface area contributed by atoms with Crippen LogP contribution in [-0.4, -0.2) is 12.1 Å². The van der Waals surface area contributed by atoms with Crippen molar-refractivity contribution in [1.82, 2.24) is 4.98 Å². The first-order valence-electron chi connectivity index (χ1n) is 5.04. The van der Waals surface area contributed by atoms with Gasteiger partial charge in [0.2, 0.25) is 5.88 Å². The second-order valence-electron chi connectivity index (χ2n) is 3.96. The highest BCUT2D eigenvalue weighted by atomic mass is 16.5. The molecule has 0 saturated carbocycles. The maximum atomic E-state index is 5.18. The second-order valence-corrected chi connectivity index (χ2v) is 3.96. The van der Waals surface area contributed by atoms with Gasteiger partial charge >= 0.3 is 0 Å². The van der Waals surface area contributed by atoms with E-state index in [0.717, 1.165) is 5.52 Å². The van der Waals surface area contributed by atoms with E-state index in [4.69, 9.17) is 4.74 Å². The Bertz CT molecular complexity index is 517. The summed E-state index contributed by atoms with van der Waals surface area (Å²) >= 11 is 0. The number of fused-ring (bicyclic) bond motifs is 1. The Balaban J connectivity index is 2.85. The van der Waals surface area contributed by atoms with Crippen LogP contribution in [0.1, 0.15) is 16.7 Å². The lowest BCUT2D eigenvalue weighted by Gasteiger charge is -2.08. The number of ether oxygens (including phenoxy) is 1. The van der Waals surface area contributed by atoms with Gasteiger partial charge in [-0.2, -0.15) is 0 Å². The maximum absolute atomic E-state index is 5.18. The molecule has 0 radical (unpaired) electrons. The fourth-order valence-corrected chi connectivity index (χ4v) is 1.92. The number of hydrogen-bond acceptors (Lipinski definition) is 2. The van der Waals surface area contributed by atoms with Gasteiger partial charge in [0.25, 0.3) is 0 Å². The van der Waals surface area contributed by atoms with Crippen LogP contribution in [0.4, 0.5) is 0 Å². The lowest BCUT2D eigenvalue weighted by atomic mass is 10.0. The molecular formula is C13H15NO. The normalized spacial score (nSPS) is 10.7. The zero-order valence-electron chi connectivity index (χ0n) is 9.59. The smallest absolute Gasteiger partial charge is 0.213 e. The van der Waals surface area contributed by atoms with Crippen LogP contribution in [0.15, 0.2) is 18.2 Å². The molecule has 2 rings (SSSR count). The maximum Gasteiger partial charge on any atom is 0.213 e. The fourth-order valence-electron chi connectivity index (χ4n) is 1.92. The van der Waals surface area contributed by atoms with Gasteiger partial charge in [-0.25, -0.2) is 4.98 Å². The molecule has 0 atom stereocenters. The van der Waals surface area contributed by atoms with Crippen LogP contribution >= 0.6 is 0 Å². The molecule has 1 aromatic heterocycles. The van der Waals surface area contributed by atoms with Crippen molar-refractivity contribution < 1.29 is 4.74 Å². The van der Waals surface area contributed by atoms with E-state index < -0.39 is 0 Å². The first-order chi connectivity index (χ1) is 7.11. The fraction of sp³-hybridized carbons (Fsp3) is 0.308. The SMILES string of the molecule is COc1cc(C)c2cc(C)cc(C)c2n1. The van der Waals surface area contributed by atoms with Gasteiger partial charge in [-0.3, -0.25) is 0 Å². The minimum absolute atomic E-state index is 0.687. The van der Waals surface area contributed by atoms with Crippen LogP contribution in [0.3, 0.4) is 0 Å². The van der Waals surface area contributed by atoms with Crippen LogP contribution < -0.4 is 4.74 Å². The monoisotopic (exact) mass is 201 g/mol. The summed E-state index contributed by atoms with van der Waals surface area (Å²) in [7, 11) is 1.65. The van der Waals surface area contributed by atoms with E-state index in [0.29, 0.717) is 5.88 Å². The van der Waals surface area contributed by atoms with Crippen molar-refractivity contribution in [1.29, 1.82) is 0 Å². The van der Waals surface area contributed by atoms with Crippen LogP contribution in [0.5, 0.6) is 5.88 Å². The lowest BCUT2D eigenvalue weighted by Crippen LogP contribution is -1.93. The average Bonchev–Trinajstić information content (AvgIpc) is 2.19. The quantitative estimate of drug-likeness (QED) is 0.707. The number of rotatable bonds is 1. The number of benzene rings is 1. The molecule has 0 aliphatic heterocycles. The standard InChI is InChI=1S/C13H15NO/c1-8-5-10(3)13-11(6-8)9(2)7-12(14-13)15-4/h5-7H,1-4H3. The molecule has 0 bridgehead atoms. The van der Waals surface area contributed by atoms with Gasteiger partial charge < -0.3 is 4.74 Å². The summed E-state index contributed by atoms with van der Waals surface area (Å²) < 4.78 is 5.18. The summed E-state index contributed by atoms with van der Waals surface area (Å²) in [4.78, 5) is 4.47. The number of hydrogen-bond donors (Lipinski definition) is 0. The zero-order valence-corrected chi connectivity index (χ0v) is 9.59. The van der Waals surface area contributed by atoms with Crippen LogP contribution in [0, 0.1) is 20.8 Å². The third-order valence-electron chi connectivity index (χ3n) is 2.64. The van der Waals surface area contributed by atoms with E-state index in [1.165, 1.54) is 22.1 Å². The summed E-state index contributed by atoms with van der Waals surface area (Å²) in [5.74, 6) is 0.687. The highest BCUT2D eigenvalue weighted by molar-refractivity contribution is 5.86. The topological polar surface area (TPSA) is 22.1 Å². The van der Waals surface area contributed by atoms with Crippen LogP contribution in [0.2, 0.25) is 0 Å². The van der Waals surface area contributed by atoms with E-state index in [1.807, 2.05) is 6.07 Å². The Morgan fingerprint density at radius 3 is 2.40 bits per heavy atom. The molecule has 0 amide bonds. The van der Waals surface area contributed by atoms with Gasteiger partial charge in [0.05, 0.1) is 12.6 Å². The summed E-state index contributed by atoms with van der Waals surface area (Å²) in [6.45, 7) is 6.28. The molecule has 0 N–H and O–H groups in total. The van der Waals surface area contributed by atoms with Crippen molar-refractivity contribution in [2.24, 2.45) is 0 Å². The van der Waals surface area contributed by atoms with Crippen molar-refractivity contribution in [2.75, 3.05) is 7.11 Å². The zero-order chi connectivity index (χ0) is 11.0. The van der Waals surface area contributed by atoms with E-state index in [1.54, 1.807) is 7.11 Å². The molecule has 2 nitrogen and oxygen atoms in total. The Kier molecular flexibility index (Phi) is 2.35. The molecule has 0 aliphatic carbocycles. The first-order valence-corrected chi connectivity index (χ1v) is 5.04. The Morgan fingerprint density at radius 2 is 1.73 bits per heavy atom. The average molecular weight is 201 g/mol. The number of pyridine rings is 1. The summed E-state index contributed by atoms with van der Waals surface area (Å²) in [6, 6.07) is 6.29. The molecule has 78 valence electrons. The minimum Gasteiger partial charge on any atom is -0.481 e. The number of aryl methyl sites for hydroxylation is 3. The van der Waals surface area contributed by atoms with Gasteiger partial charge in [0.15, 0.2) is 0 Å². The predicted octanol–water partition coefficient (Wildman–Crippen LogP) is 3.17. The van der Waals surface area contributed by atoms with Gasteiger partial charge in [-0.15, -0.1) is 0 Å². The van der Waals surface area contributed by atoms with E-state index in [2.05, 4.69) is 37.9 Å². The molecule has 0 unspecified atom stereocenters. The molecule has 2 heteroatoms. The van der Waals surface area contributed by atoms with Crippen molar-refractivity contribution in [3.63, 3.8) is 0 Å². The Morgan fingerprint density at radius 1 is 1.00 bits per heavy atom. The van der Waals surface area contributed by atoms with Gasteiger partial charge in [-0.1, -0.05) is 11.6 Å². The van der Waals surface area contributed by atoms with Crippen molar-refractivity contribution in [2.45, 2.75) is 20.8 Å². The summed E-state index contributed by atoms with van der Waals surface area (Å²) in [5.41, 5.74) is 4.73. The second kappa shape index (κ2) is 3.54. The molecule has 0 saturated heterocycles. The number of methoxy groups -OCH3 is 1. The van der Waals surface area contributed by atoms with Crippen molar-refractivity contribution >= 4 is 10.9 Å². The Labute approximate surface area is 89.9 Å². The molecule has 2 aromatic rings. The molecule has 1 aromatic carbocycles. The van der Waals surface area contributed by atoms with Crippen molar-refractivity contribution in [3.8, 4) is 5.88 Å². The number of nitrogens with zero attached hydrogens (tertiary/aromatic N) is 1. The molecular weight excluding hydrogens is 186 g/mol. The Hall–Kier alpha value is -1.57. The largest absolute Gasteiger partial charge is 0.481 e. The molecule has 1 heterocycles. The molecule has 0 fully saturated rings. The van der Waals surface area contributed by atoms with Gasteiger partial charge in [0.1, 0.15) is 0 Å². The summed E-state index contributed by atoms with van der Waals surface area (Å²) in [5, 5.41) is 1.22. The predicted molar refractivity (Wildman–Crippen MR) is 62.5 cm³/mol. The third kappa shape index (κ3) is 1.67. The summed E-state index contributed by atoms with van der Waals surface area (Å²) in [6.07, 6.45) is 0. The van der Waals surface area contributed by atoms with E-state index >= 15 is 0 Å². The lowest BCUT2D eigenvalue weighted by molar-refractivity contribution is 0.399.